The Labute approximate surface area is 101 Å². The number of aromatic hydroxyl groups is 1. The Bertz CT molecular complexity index is 420. The number of amides is 1. The fourth-order valence-corrected chi connectivity index (χ4v) is 2.39. The molecular weight excluding hydrogens is 216 g/mol. The molecule has 1 aromatic rings. The molecule has 2 rings (SSSR count). The number of rotatable bonds is 2. The first-order chi connectivity index (χ1) is 8.09. The van der Waals surface area contributed by atoms with Gasteiger partial charge >= 0.3 is 0 Å². The molecule has 3 unspecified atom stereocenters. The van der Waals surface area contributed by atoms with E-state index in [0.717, 1.165) is 12.8 Å². The summed E-state index contributed by atoms with van der Waals surface area (Å²) in [4.78, 5) is 15.7. The van der Waals surface area contributed by atoms with Crippen molar-refractivity contribution in [1.82, 2.24) is 10.3 Å². The second-order valence-electron chi connectivity index (χ2n) is 4.89. The van der Waals surface area contributed by atoms with Crippen LogP contribution in [0.1, 0.15) is 37.0 Å². The van der Waals surface area contributed by atoms with Crippen LogP contribution in [0.2, 0.25) is 0 Å². The van der Waals surface area contributed by atoms with Crippen LogP contribution < -0.4 is 5.32 Å². The maximum atomic E-state index is 12.0. The summed E-state index contributed by atoms with van der Waals surface area (Å²) in [5.74, 6) is 0.855. The van der Waals surface area contributed by atoms with Crippen LogP contribution in [-0.2, 0) is 0 Å². The van der Waals surface area contributed by atoms with E-state index < -0.39 is 0 Å². The number of carbonyl (C=O) groups is 1. The van der Waals surface area contributed by atoms with Crippen molar-refractivity contribution in [2.45, 2.75) is 32.7 Å². The zero-order valence-electron chi connectivity index (χ0n) is 10.2. The minimum Gasteiger partial charge on any atom is -0.505 e. The van der Waals surface area contributed by atoms with E-state index in [4.69, 9.17) is 0 Å². The molecule has 1 aliphatic rings. The molecule has 1 fully saturated rings. The Hall–Kier alpha value is -1.58. The minimum absolute atomic E-state index is 0.0660. The summed E-state index contributed by atoms with van der Waals surface area (Å²) in [6.45, 7) is 4.37. The largest absolute Gasteiger partial charge is 0.505 e. The van der Waals surface area contributed by atoms with Gasteiger partial charge in [0.15, 0.2) is 0 Å². The number of hydrogen-bond acceptors (Lipinski definition) is 3. The van der Waals surface area contributed by atoms with Crippen molar-refractivity contribution in [1.29, 1.82) is 0 Å². The first-order valence-electron chi connectivity index (χ1n) is 6.03. The van der Waals surface area contributed by atoms with Crippen molar-refractivity contribution < 1.29 is 9.90 Å². The monoisotopic (exact) mass is 234 g/mol. The second-order valence-corrected chi connectivity index (χ2v) is 4.89. The van der Waals surface area contributed by atoms with E-state index in [2.05, 4.69) is 24.1 Å². The third kappa shape index (κ3) is 2.40. The van der Waals surface area contributed by atoms with Gasteiger partial charge in [0, 0.05) is 12.2 Å². The summed E-state index contributed by atoms with van der Waals surface area (Å²) in [7, 11) is 0. The Morgan fingerprint density at radius 1 is 1.47 bits per heavy atom. The lowest BCUT2D eigenvalue weighted by atomic mass is 9.97. The summed E-state index contributed by atoms with van der Waals surface area (Å²) in [6, 6.07) is 1.75. The van der Waals surface area contributed by atoms with Crippen molar-refractivity contribution in [2.75, 3.05) is 0 Å². The highest BCUT2D eigenvalue weighted by molar-refractivity contribution is 5.96. The van der Waals surface area contributed by atoms with Crippen LogP contribution in [0.3, 0.4) is 0 Å². The zero-order valence-corrected chi connectivity index (χ0v) is 10.2. The lowest BCUT2D eigenvalue weighted by Crippen LogP contribution is -2.37. The van der Waals surface area contributed by atoms with Crippen LogP contribution in [0.5, 0.6) is 5.75 Å². The van der Waals surface area contributed by atoms with E-state index in [1.54, 1.807) is 0 Å². The highest BCUT2D eigenvalue weighted by Crippen LogP contribution is 2.31. The molecule has 0 saturated heterocycles. The van der Waals surface area contributed by atoms with Crippen LogP contribution in [-0.4, -0.2) is 22.0 Å². The Morgan fingerprint density at radius 3 is 2.82 bits per heavy atom. The molecule has 1 heterocycles. The smallest absolute Gasteiger partial charge is 0.255 e. The van der Waals surface area contributed by atoms with Gasteiger partial charge in [0.2, 0.25) is 0 Å². The standard InChI is InChI=1S/C13H18N2O2/c1-8-3-4-11(9(8)2)15-13(17)10-5-6-14-7-12(10)16/h5-9,11,16H,3-4H2,1-2H3,(H,15,17). The van der Waals surface area contributed by atoms with Gasteiger partial charge in [0.1, 0.15) is 5.75 Å². The first-order valence-corrected chi connectivity index (χ1v) is 6.03. The second kappa shape index (κ2) is 4.73. The number of aromatic nitrogens is 1. The summed E-state index contributed by atoms with van der Waals surface area (Å²) < 4.78 is 0. The average Bonchev–Trinajstić information content (AvgIpc) is 2.61. The average molecular weight is 234 g/mol. The molecule has 0 aliphatic heterocycles. The van der Waals surface area contributed by atoms with Gasteiger partial charge in [-0.15, -0.1) is 0 Å². The molecule has 1 aliphatic carbocycles. The van der Waals surface area contributed by atoms with Gasteiger partial charge < -0.3 is 10.4 Å². The predicted octanol–water partition coefficient (Wildman–Crippen LogP) is 1.95. The predicted molar refractivity (Wildman–Crippen MR) is 64.7 cm³/mol. The number of hydrogen-bond donors (Lipinski definition) is 2. The number of carbonyl (C=O) groups excluding carboxylic acids is 1. The van der Waals surface area contributed by atoms with Crippen LogP contribution in [0.4, 0.5) is 0 Å². The zero-order chi connectivity index (χ0) is 12.4. The molecule has 1 aromatic heterocycles. The van der Waals surface area contributed by atoms with Crippen molar-refractivity contribution in [3.05, 3.63) is 24.0 Å². The lowest BCUT2D eigenvalue weighted by Gasteiger charge is -2.19. The maximum Gasteiger partial charge on any atom is 0.255 e. The van der Waals surface area contributed by atoms with Crippen molar-refractivity contribution in [2.24, 2.45) is 11.8 Å². The topological polar surface area (TPSA) is 62.2 Å². The third-order valence-corrected chi connectivity index (χ3v) is 3.83. The van der Waals surface area contributed by atoms with Crippen LogP contribution in [0, 0.1) is 11.8 Å². The molecule has 2 N–H and O–H groups in total. The SMILES string of the molecule is CC1CCC(NC(=O)c2ccncc2O)C1C. The summed E-state index contributed by atoms with van der Waals surface area (Å²) in [5, 5.41) is 12.5. The highest BCUT2D eigenvalue weighted by Gasteiger charge is 2.31. The normalized spacial score (nSPS) is 28.0. The van der Waals surface area contributed by atoms with E-state index >= 15 is 0 Å². The minimum atomic E-state index is -0.212. The fourth-order valence-electron chi connectivity index (χ4n) is 2.39. The summed E-state index contributed by atoms with van der Waals surface area (Å²) in [6.07, 6.45) is 4.96. The Kier molecular flexibility index (Phi) is 3.31. The van der Waals surface area contributed by atoms with Gasteiger partial charge in [-0.05, 0) is 30.7 Å². The highest BCUT2D eigenvalue weighted by atomic mass is 16.3. The molecule has 4 heteroatoms. The molecule has 0 aromatic carbocycles. The van der Waals surface area contributed by atoms with Crippen LogP contribution in [0.25, 0.3) is 0 Å². The van der Waals surface area contributed by atoms with Crippen molar-refractivity contribution in [3.63, 3.8) is 0 Å². The molecule has 1 amide bonds. The summed E-state index contributed by atoms with van der Waals surface area (Å²) in [5.41, 5.74) is 0.298. The fraction of sp³-hybridized carbons (Fsp3) is 0.538. The maximum absolute atomic E-state index is 12.0. The quantitative estimate of drug-likeness (QED) is 0.822. The molecule has 0 bridgehead atoms. The number of nitrogens with one attached hydrogen (secondary N) is 1. The lowest BCUT2D eigenvalue weighted by molar-refractivity contribution is 0.0924. The Balaban J connectivity index is 2.05. The third-order valence-electron chi connectivity index (χ3n) is 3.83. The van der Waals surface area contributed by atoms with Gasteiger partial charge in [-0.2, -0.15) is 0 Å². The van der Waals surface area contributed by atoms with Gasteiger partial charge in [0.05, 0.1) is 11.8 Å². The van der Waals surface area contributed by atoms with E-state index in [1.165, 1.54) is 18.5 Å². The van der Waals surface area contributed by atoms with Crippen molar-refractivity contribution in [3.8, 4) is 5.75 Å². The van der Waals surface area contributed by atoms with E-state index in [-0.39, 0.29) is 17.7 Å². The van der Waals surface area contributed by atoms with E-state index in [9.17, 15) is 9.90 Å². The van der Waals surface area contributed by atoms with Crippen molar-refractivity contribution >= 4 is 5.91 Å². The van der Waals surface area contributed by atoms with E-state index in [0.29, 0.717) is 17.4 Å². The number of pyridine rings is 1. The Morgan fingerprint density at radius 2 is 2.24 bits per heavy atom. The van der Waals surface area contributed by atoms with E-state index in [1.807, 2.05) is 0 Å². The van der Waals surface area contributed by atoms with Gasteiger partial charge in [0.25, 0.3) is 5.91 Å². The number of nitrogens with zero attached hydrogens (tertiary/aromatic N) is 1. The van der Waals surface area contributed by atoms with Crippen LogP contribution in [0.15, 0.2) is 18.5 Å². The molecule has 17 heavy (non-hydrogen) atoms. The molecule has 4 nitrogen and oxygen atoms in total. The molecule has 0 spiro atoms. The molecule has 92 valence electrons. The van der Waals surface area contributed by atoms with Crippen LogP contribution >= 0.6 is 0 Å². The van der Waals surface area contributed by atoms with Gasteiger partial charge in [-0.3, -0.25) is 9.78 Å². The first kappa shape index (κ1) is 11.9. The van der Waals surface area contributed by atoms with Gasteiger partial charge in [-0.25, -0.2) is 0 Å². The van der Waals surface area contributed by atoms with Gasteiger partial charge in [-0.1, -0.05) is 13.8 Å². The molecular formula is C13H18N2O2. The molecule has 1 saturated carbocycles. The molecule has 0 radical (unpaired) electrons. The summed E-state index contributed by atoms with van der Waals surface area (Å²) >= 11 is 0. The molecule has 3 atom stereocenters.